The maximum Gasteiger partial charge on any atom is 0.253 e. The van der Waals surface area contributed by atoms with Crippen molar-refractivity contribution in [3.8, 4) is 0 Å². The van der Waals surface area contributed by atoms with Gasteiger partial charge >= 0.3 is 0 Å². The summed E-state index contributed by atoms with van der Waals surface area (Å²) in [6.45, 7) is 0. The molecule has 0 spiro atoms. The van der Waals surface area contributed by atoms with Crippen LogP contribution in [0.5, 0.6) is 0 Å². The number of rotatable bonds is 4. The first-order valence-electron chi connectivity index (χ1n) is 4.90. The van der Waals surface area contributed by atoms with Gasteiger partial charge in [0.05, 0.1) is 12.0 Å². The maximum absolute atomic E-state index is 11.7. The van der Waals surface area contributed by atoms with Gasteiger partial charge in [0, 0.05) is 19.8 Å². The van der Waals surface area contributed by atoms with Gasteiger partial charge in [0.2, 0.25) is 5.91 Å². The molecule has 86 valence electrons. The molecule has 0 aliphatic rings. The van der Waals surface area contributed by atoms with E-state index in [1.807, 2.05) is 0 Å². The van der Waals surface area contributed by atoms with Crippen LogP contribution in [-0.4, -0.2) is 25.9 Å². The minimum atomic E-state index is -0.460. The van der Waals surface area contributed by atoms with Crippen LogP contribution in [0.1, 0.15) is 15.9 Å². The second-order valence-corrected chi connectivity index (χ2v) is 3.31. The lowest BCUT2D eigenvalue weighted by molar-refractivity contribution is -0.117. The molecule has 5 nitrogen and oxygen atoms in total. The number of amides is 2. The lowest BCUT2D eigenvalue weighted by Crippen LogP contribution is -2.23. The number of anilines is 1. The van der Waals surface area contributed by atoms with Gasteiger partial charge in [-0.1, -0.05) is 12.1 Å². The Morgan fingerprint density at radius 2 is 2.00 bits per heavy atom. The van der Waals surface area contributed by atoms with E-state index in [-0.39, 0.29) is 12.3 Å². The third kappa shape index (κ3) is 2.50. The summed E-state index contributed by atoms with van der Waals surface area (Å²) in [6.07, 6.45) is 0.0538. The van der Waals surface area contributed by atoms with E-state index in [0.717, 1.165) is 0 Å². The fraction of sp³-hybridized carbons (Fsp3) is 0.273. The Morgan fingerprint density at radius 1 is 1.31 bits per heavy atom. The predicted molar refractivity (Wildman–Crippen MR) is 62.3 cm³/mol. The molecule has 1 rings (SSSR count). The fourth-order valence-corrected chi connectivity index (χ4v) is 1.54. The molecular formula is C11H15N3O2. The van der Waals surface area contributed by atoms with Gasteiger partial charge in [0.1, 0.15) is 0 Å². The molecule has 0 aliphatic carbocycles. The molecule has 0 atom stereocenters. The van der Waals surface area contributed by atoms with Gasteiger partial charge in [-0.15, -0.1) is 0 Å². The molecule has 5 heteroatoms. The van der Waals surface area contributed by atoms with E-state index in [1.54, 1.807) is 32.3 Å². The van der Waals surface area contributed by atoms with Crippen LogP contribution in [0.3, 0.4) is 0 Å². The van der Waals surface area contributed by atoms with Gasteiger partial charge in [-0.25, -0.2) is 0 Å². The number of carbonyl (C=O) groups is 2. The summed E-state index contributed by atoms with van der Waals surface area (Å²) in [5.74, 6) is -0.695. The lowest BCUT2D eigenvalue weighted by atomic mass is 10.0. The summed E-state index contributed by atoms with van der Waals surface area (Å²) in [5.41, 5.74) is 6.90. The highest BCUT2D eigenvalue weighted by Crippen LogP contribution is 2.20. The molecule has 4 N–H and O–H groups in total. The molecule has 2 amide bonds. The largest absolute Gasteiger partial charge is 0.387 e. The molecule has 0 aromatic heterocycles. The van der Waals surface area contributed by atoms with Crippen molar-refractivity contribution in [3.63, 3.8) is 0 Å². The molecular weight excluding hydrogens is 206 g/mol. The van der Waals surface area contributed by atoms with E-state index in [1.165, 1.54) is 0 Å². The number of carbonyl (C=O) groups excluding carboxylic acids is 2. The van der Waals surface area contributed by atoms with Crippen LogP contribution < -0.4 is 16.4 Å². The van der Waals surface area contributed by atoms with Crippen molar-refractivity contribution >= 4 is 17.5 Å². The van der Waals surface area contributed by atoms with Crippen LogP contribution in [0.4, 0.5) is 5.69 Å². The Bertz CT molecular complexity index is 416. The smallest absolute Gasteiger partial charge is 0.253 e. The van der Waals surface area contributed by atoms with Crippen molar-refractivity contribution in [2.45, 2.75) is 6.42 Å². The fourth-order valence-electron chi connectivity index (χ4n) is 1.54. The molecule has 0 radical (unpaired) electrons. The van der Waals surface area contributed by atoms with E-state index in [0.29, 0.717) is 16.8 Å². The summed E-state index contributed by atoms with van der Waals surface area (Å²) in [5, 5.41) is 5.45. The summed E-state index contributed by atoms with van der Waals surface area (Å²) in [7, 11) is 3.26. The molecule has 0 heterocycles. The number of primary amides is 1. The number of hydrogen-bond acceptors (Lipinski definition) is 3. The van der Waals surface area contributed by atoms with Gasteiger partial charge in [0.15, 0.2) is 0 Å². The molecule has 0 saturated heterocycles. The Labute approximate surface area is 94.0 Å². The Balaban J connectivity index is 3.25. The molecule has 0 saturated carbocycles. The van der Waals surface area contributed by atoms with E-state index >= 15 is 0 Å². The molecule has 0 aliphatic heterocycles. The molecule has 0 fully saturated rings. The number of benzene rings is 1. The highest BCUT2D eigenvalue weighted by atomic mass is 16.2. The first-order chi connectivity index (χ1) is 7.60. The van der Waals surface area contributed by atoms with Gasteiger partial charge in [-0.3, -0.25) is 9.59 Å². The van der Waals surface area contributed by atoms with E-state index in [2.05, 4.69) is 10.6 Å². The Kier molecular flexibility index (Phi) is 3.88. The minimum absolute atomic E-state index is 0.0538. The van der Waals surface area contributed by atoms with Crippen LogP contribution in [0.2, 0.25) is 0 Å². The minimum Gasteiger partial charge on any atom is -0.387 e. The van der Waals surface area contributed by atoms with Crippen LogP contribution in [0.25, 0.3) is 0 Å². The van der Waals surface area contributed by atoms with Crippen molar-refractivity contribution in [2.75, 3.05) is 19.4 Å². The van der Waals surface area contributed by atoms with Gasteiger partial charge in [-0.2, -0.15) is 0 Å². The first kappa shape index (κ1) is 12.0. The van der Waals surface area contributed by atoms with Crippen molar-refractivity contribution in [2.24, 2.45) is 5.73 Å². The van der Waals surface area contributed by atoms with Gasteiger partial charge in [0.25, 0.3) is 5.91 Å². The third-order valence-electron chi connectivity index (χ3n) is 2.24. The van der Waals surface area contributed by atoms with E-state index in [9.17, 15) is 9.59 Å². The number of nitrogens with one attached hydrogen (secondary N) is 2. The quantitative estimate of drug-likeness (QED) is 0.675. The summed E-state index contributed by atoms with van der Waals surface area (Å²) in [6, 6.07) is 5.27. The van der Waals surface area contributed by atoms with Crippen LogP contribution in [-0.2, 0) is 11.2 Å². The van der Waals surface area contributed by atoms with E-state index < -0.39 is 5.91 Å². The molecule has 1 aromatic rings. The molecule has 1 aromatic carbocycles. The van der Waals surface area contributed by atoms with Crippen molar-refractivity contribution < 1.29 is 9.59 Å². The monoisotopic (exact) mass is 221 g/mol. The Morgan fingerprint density at radius 3 is 2.50 bits per heavy atom. The predicted octanol–water partition coefficient (Wildman–Crippen LogP) is 0.116. The van der Waals surface area contributed by atoms with Crippen LogP contribution >= 0.6 is 0 Å². The average Bonchev–Trinajstić information content (AvgIpc) is 2.27. The van der Waals surface area contributed by atoms with Gasteiger partial charge < -0.3 is 16.4 Å². The maximum atomic E-state index is 11.7. The summed E-state index contributed by atoms with van der Waals surface area (Å²) < 4.78 is 0. The van der Waals surface area contributed by atoms with Crippen LogP contribution in [0, 0.1) is 0 Å². The zero-order chi connectivity index (χ0) is 12.1. The summed E-state index contributed by atoms with van der Waals surface area (Å²) >= 11 is 0. The number of hydrogen-bond donors (Lipinski definition) is 3. The second-order valence-electron chi connectivity index (χ2n) is 3.31. The lowest BCUT2D eigenvalue weighted by Gasteiger charge is -2.12. The first-order valence-corrected chi connectivity index (χ1v) is 4.90. The normalized spacial score (nSPS) is 9.62. The molecule has 0 unspecified atom stereocenters. The van der Waals surface area contributed by atoms with Crippen LogP contribution in [0.15, 0.2) is 18.2 Å². The zero-order valence-electron chi connectivity index (χ0n) is 9.33. The molecule has 16 heavy (non-hydrogen) atoms. The topological polar surface area (TPSA) is 84.2 Å². The van der Waals surface area contributed by atoms with Crippen molar-refractivity contribution in [1.82, 2.24) is 5.32 Å². The van der Waals surface area contributed by atoms with E-state index in [4.69, 9.17) is 5.73 Å². The highest BCUT2D eigenvalue weighted by molar-refractivity contribution is 6.01. The van der Waals surface area contributed by atoms with Crippen molar-refractivity contribution in [1.29, 1.82) is 0 Å². The average molecular weight is 221 g/mol. The second kappa shape index (κ2) is 5.16. The third-order valence-corrected chi connectivity index (χ3v) is 2.24. The summed E-state index contributed by atoms with van der Waals surface area (Å²) in [4.78, 5) is 22.6. The Hall–Kier alpha value is -2.04. The van der Waals surface area contributed by atoms with Crippen molar-refractivity contribution in [3.05, 3.63) is 29.3 Å². The van der Waals surface area contributed by atoms with Gasteiger partial charge in [-0.05, 0) is 11.6 Å². The zero-order valence-corrected chi connectivity index (χ0v) is 9.33. The standard InChI is InChI=1S/C11H15N3O2/c1-13-8-5-3-4-7(6-9(12)15)10(8)11(16)14-2/h3-5,13H,6H2,1-2H3,(H2,12,15)(H,14,16). The SMILES string of the molecule is CNC(=O)c1c(CC(N)=O)cccc1NC. The highest BCUT2D eigenvalue weighted by Gasteiger charge is 2.15. The molecule has 0 bridgehead atoms. The number of nitrogens with two attached hydrogens (primary N) is 1.